The highest BCUT2D eigenvalue weighted by molar-refractivity contribution is 6.41. The van der Waals surface area contributed by atoms with Crippen LogP contribution < -0.4 is 0 Å². The van der Waals surface area contributed by atoms with E-state index in [2.05, 4.69) is 0 Å². The number of ether oxygens (including phenoxy) is 1. The normalized spacial score (nSPS) is 12.7. The highest BCUT2D eigenvalue weighted by Crippen LogP contribution is 2.34. The maximum Gasteiger partial charge on any atom is 0.416 e. The summed E-state index contributed by atoms with van der Waals surface area (Å²) in [5.74, 6) is -2.90. The average molecular weight is 473 g/mol. The van der Waals surface area contributed by atoms with Crippen LogP contribution in [0.2, 0.25) is 5.02 Å². The van der Waals surface area contributed by atoms with Crippen LogP contribution in [0.25, 0.3) is 0 Å². The number of ketones is 3. The van der Waals surface area contributed by atoms with E-state index in [1.165, 1.54) is 30.3 Å². The zero-order valence-electron chi connectivity index (χ0n) is 16.5. The number of benzene rings is 3. The fourth-order valence-electron chi connectivity index (χ4n) is 3.46. The molecule has 0 fully saturated rings. The minimum Gasteiger partial charge on any atom is -0.454 e. The number of hydrogen-bond acceptors (Lipinski definition) is 5. The number of Topliss-reactive ketones (excluding diaryl/α,β-unsaturated/α-hetero) is 1. The van der Waals surface area contributed by atoms with Crippen molar-refractivity contribution in [2.75, 3.05) is 6.61 Å². The van der Waals surface area contributed by atoms with Crippen molar-refractivity contribution in [3.8, 4) is 0 Å². The number of hydrogen-bond donors (Lipinski definition) is 0. The molecular weight excluding hydrogens is 461 g/mol. The second-order valence-corrected chi connectivity index (χ2v) is 7.51. The van der Waals surface area contributed by atoms with Gasteiger partial charge in [0.05, 0.1) is 21.7 Å². The molecule has 1 aliphatic carbocycles. The van der Waals surface area contributed by atoms with Crippen LogP contribution in [0.3, 0.4) is 0 Å². The van der Waals surface area contributed by atoms with E-state index in [4.69, 9.17) is 16.3 Å². The topological polar surface area (TPSA) is 77.5 Å². The number of fused-ring (bicyclic) bond motifs is 2. The van der Waals surface area contributed by atoms with Gasteiger partial charge in [0, 0.05) is 22.3 Å². The molecular formula is C24H12ClF3O5. The number of halogens is 4. The summed E-state index contributed by atoms with van der Waals surface area (Å²) < 4.78 is 43.4. The van der Waals surface area contributed by atoms with Crippen LogP contribution >= 0.6 is 11.6 Å². The molecule has 0 N–H and O–H groups in total. The third-order valence-corrected chi connectivity index (χ3v) is 5.49. The van der Waals surface area contributed by atoms with Gasteiger partial charge < -0.3 is 4.74 Å². The van der Waals surface area contributed by atoms with Gasteiger partial charge >= 0.3 is 12.1 Å². The molecule has 9 heteroatoms. The molecule has 0 aromatic heterocycles. The van der Waals surface area contributed by atoms with Crippen molar-refractivity contribution in [2.24, 2.45) is 0 Å². The van der Waals surface area contributed by atoms with Gasteiger partial charge in [-0.1, -0.05) is 48.0 Å². The van der Waals surface area contributed by atoms with E-state index in [1.54, 1.807) is 12.1 Å². The minimum absolute atomic E-state index is 0.0280. The Balaban J connectivity index is 1.56. The first-order valence-corrected chi connectivity index (χ1v) is 9.86. The van der Waals surface area contributed by atoms with E-state index in [-0.39, 0.29) is 38.4 Å². The molecule has 0 amide bonds. The van der Waals surface area contributed by atoms with E-state index in [1.807, 2.05) is 0 Å². The van der Waals surface area contributed by atoms with Gasteiger partial charge in [0.25, 0.3) is 0 Å². The second kappa shape index (κ2) is 8.29. The molecule has 0 saturated heterocycles. The summed E-state index contributed by atoms with van der Waals surface area (Å²) in [5.41, 5.74) is -1.32. The Morgan fingerprint density at radius 2 is 1.52 bits per heavy atom. The van der Waals surface area contributed by atoms with Crippen LogP contribution in [0.4, 0.5) is 13.2 Å². The molecule has 3 aromatic rings. The predicted molar refractivity (Wildman–Crippen MR) is 111 cm³/mol. The van der Waals surface area contributed by atoms with Gasteiger partial charge in [0.2, 0.25) is 0 Å². The lowest BCUT2D eigenvalue weighted by molar-refractivity contribution is -0.137. The maximum absolute atomic E-state index is 12.9. The predicted octanol–water partition coefficient (Wildman–Crippen LogP) is 5.17. The number of esters is 1. The summed E-state index contributed by atoms with van der Waals surface area (Å²) in [6.45, 7) is -0.844. The largest absolute Gasteiger partial charge is 0.454 e. The number of rotatable bonds is 4. The highest BCUT2D eigenvalue weighted by atomic mass is 35.5. The molecule has 33 heavy (non-hydrogen) atoms. The van der Waals surface area contributed by atoms with Gasteiger partial charge in [-0.05, 0) is 24.3 Å². The van der Waals surface area contributed by atoms with Crippen molar-refractivity contribution in [1.82, 2.24) is 0 Å². The standard InChI is InChI=1S/C24H12ClF3O5/c25-20-17(9-8-16-19(20)22(31)15-7-2-1-6-14(15)21(16)30)23(32)33-11-18(29)12-4-3-5-13(10-12)24(26,27)28/h1-10H,11H2. The lowest BCUT2D eigenvalue weighted by Gasteiger charge is -2.19. The van der Waals surface area contributed by atoms with Crippen molar-refractivity contribution >= 4 is 34.9 Å². The van der Waals surface area contributed by atoms with Crippen molar-refractivity contribution in [3.63, 3.8) is 0 Å². The number of carbonyl (C=O) groups excluding carboxylic acids is 4. The van der Waals surface area contributed by atoms with Crippen LogP contribution in [-0.4, -0.2) is 29.9 Å². The summed E-state index contributed by atoms with van der Waals surface area (Å²) in [6, 6.07) is 12.3. The Bertz CT molecular complexity index is 1340. The number of carbonyl (C=O) groups is 4. The smallest absolute Gasteiger partial charge is 0.416 e. The third-order valence-electron chi connectivity index (χ3n) is 5.10. The van der Waals surface area contributed by atoms with Crippen molar-refractivity contribution in [3.05, 3.63) is 105 Å². The molecule has 0 spiro atoms. The van der Waals surface area contributed by atoms with E-state index in [9.17, 15) is 32.3 Å². The Morgan fingerprint density at radius 1 is 0.848 bits per heavy atom. The molecule has 0 atom stereocenters. The molecule has 3 aromatic carbocycles. The first-order valence-electron chi connectivity index (χ1n) is 9.48. The molecule has 1 aliphatic rings. The summed E-state index contributed by atoms with van der Waals surface area (Å²) in [7, 11) is 0. The van der Waals surface area contributed by atoms with Crippen LogP contribution in [0.1, 0.15) is 58.1 Å². The third kappa shape index (κ3) is 4.05. The van der Waals surface area contributed by atoms with Crippen molar-refractivity contribution < 1.29 is 37.1 Å². The Morgan fingerprint density at radius 3 is 2.18 bits per heavy atom. The molecule has 166 valence electrons. The quantitative estimate of drug-likeness (QED) is 0.302. The van der Waals surface area contributed by atoms with Gasteiger partial charge in [-0.2, -0.15) is 13.2 Å². The fraction of sp³-hybridized carbons (Fsp3) is 0.0833. The molecule has 0 saturated carbocycles. The first kappa shape index (κ1) is 22.4. The van der Waals surface area contributed by atoms with Gasteiger partial charge in [0.1, 0.15) is 0 Å². The zero-order chi connectivity index (χ0) is 23.9. The minimum atomic E-state index is -4.63. The van der Waals surface area contributed by atoms with E-state index < -0.39 is 41.7 Å². The number of alkyl halides is 3. The van der Waals surface area contributed by atoms with E-state index in [0.29, 0.717) is 6.07 Å². The second-order valence-electron chi connectivity index (χ2n) is 7.13. The summed E-state index contributed by atoms with van der Waals surface area (Å²) in [4.78, 5) is 50.3. The lowest BCUT2D eigenvalue weighted by atomic mass is 9.83. The molecule has 0 aliphatic heterocycles. The van der Waals surface area contributed by atoms with Crippen LogP contribution in [0, 0.1) is 0 Å². The molecule has 0 bridgehead atoms. The summed E-state index contributed by atoms with van der Waals surface area (Å²) in [5, 5.41) is -0.308. The van der Waals surface area contributed by atoms with Gasteiger partial charge in [-0.3, -0.25) is 14.4 Å². The van der Waals surface area contributed by atoms with E-state index >= 15 is 0 Å². The molecule has 4 rings (SSSR count). The molecule has 0 radical (unpaired) electrons. The summed E-state index contributed by atoms with van der Waals surface area (Å²) in [6.07, 6.45) is -4.63. The van der Waals surface area contributed by atoms with Gasteiger partial charge in [-0.15, -0.1) is 0 Å². The average Bonchev–Trinajstić information content (AvgIpc) is 2.80. The van der Waals surface area contributed by atoms with Crippen LogP contribution in [0.15, 0.2) is 60.7 Å². The Kier molecular flexibility index (Phi) is 5.63. The Hall–Kier alpha value is -3.78. The van der Waals surface area contributed by atoms with E-state index in [0.717, 1.165) is 12.1 Å². The maximum atomic E-state index is 12.9. The fourth-order valence-corrected chi connectivity index (χ4v) is 3.79. The lowest BCUT2D eigenvalue weighted by Crippen LogP contribution is -2.23. The van der Waals surface area contributed by atoms with Gasteiger partial charge in [-0.25, -0.2) is 4.79 Å². The molecule has 0 unspecified atom stereocenters. The molecule has 5 nitrogen and oxygen atoms in total. The monoisotopic (exact) mass is 472 g/mol. The zero-order valence-corrected chi connectivity index (χ0v) is 17.3. The van der Waals surface area contributed by atoms with Crippen LogP contribution in [-0.2, 0) is 10.9 Å². The van der Waals surface area contributed by atoms with Crippen LogP contribution in [0.5, 0.6) is 0 Å². The van der Waals surface area contributed by atoms with Gasteiger partial charge in [0.15, 0.2) is 24.0 Å². The van der Waals surface area contributed by atoms with Crippen molar-refractivity contribution in [2.45, 2.75) is 6.18 Å². The summed E-state index contributed by atoms with van der Waals surface area (Å²) >= 11 is 6.27. The highest BCUT2D eigenvalue weighted by Gasteiger charge is 2.34. The first-order chi connectivity index (χ1) is 15.6. The SMILES string of the molecule is O=C(COC(=O)c1ccc2c(c1Cl)C(=O)c1ccccc1C2=O)c1cccc(C(F)(F)F)c1. The van der Waals surface area contributed by atoms with Crippen molar-refractivity contribution in [1.29, 1.82) is 0 Å². The Labute approximate surface area is 189 Å². The molecule has 0 heterocycles.